The predicted octanol–water partition coefficient (Wildman–Crippen LogP) is 4.15. The minimum Gasteiger partial charge on any atom is -0.376 e. The van der Waals surface area contributed by atoms with Crippen LogP contribution in [-0.4, -0.2) is 34.3 Å². The molecule has 31 heavy (non-hydrogen) atoms. The smallest absolute Gasteiger partial charge is 0.253 e. The molecule has 162 valence electrons. The predicted molar refractivity (Wildman–Crippen MR) is 129 cm³/mol. The number of aryl methyl sites for hydroxylation is 1. The first-order valence-corrected chi connectivity index (χ1v) is 11.4. The number of nitrogens with one attached hydrogen (secondary N) is 2. The number of fused-ring (bicyclic) bond motifs is 1. The van der Waals surface area contributed by atoms with E-state index in [1.54, 1.807) is 0 Å². The number of aromatic nitrogens is 1. The summed E-state index contributed by atoms with van der Waals surface area (Å²) in [6.45, 7) is 4.71. The molecule has 3 aromatic rings. The highest BCUT2D eigenvalue weighted by atomic mass is 32.1. The average Bonchev–Trinajstić information content (AvgIpc) is 3.31. The van der Waals surface area contributed by atoms with Crippen LogP contribution in [-0.2, 0) is 24.2 Å². The van der Waals surface area contributed by atoms with E-state index < -0.39 is 0 Å². The Kier molecular flexibility index (Phi) is 6.99. The molecule has 1 fully saturated rings. The van der Waals surface area contributed by atoms with Crippen LogP contribution in [0.4, 0.5) is 0 Å². The average molecular weight is 436 g/mol. The van der Waals surface area contributed by atoms with Crippen molar-refractivity contribution < 1.29 is 4.74 Å². The van der Waals surface area contributed by atoms with Crippen molar-refractivity contribution in [3.63, 3.8) is 0 Å². The van der Waals surface area contributed by atoms with Gasteiger partial charge in [-0.2, -0.15) is 0 Å². The lowest BCUT2D eigenvalue weighted by atomic mass is 10.1. The van der Waals surface area contributed by atoms with E-state index in [1.165, 1.54) is 5.56 Å². The van der Waals surface area contributed by atoms with Gasteiger partial charge in [0.1, 0.15) is 0 Å². The molecule has 0 amide bonds. The summed E-state index contributed by atoms with van der Waals surface area (Å²) in [5, 5.41) is 5.05. The number of benzene rings is 2. The van der Waals surface area contributed by atoms with Crippen LogP contribution in [0, 0.1) is 0 Å². The molecule has 6 heteroatoms. The molecule has 1 atom stereocenters. The molecule has 1 aromatic heterocycles. The molecule has 0 radical (unpaired) electrons. The number of nitrogens with zero attached hydrogens (tertiary/aromatic N) is 1. The number of hydrogen-bond acceptors (Lipinski definition) is 3. The van der Waals surface area contributed by atoms with Crippen molar-refractivity contribution >= 4 is 28.2 Å². The molecule has 1 saturated heterocycles. The van der Waals surface area contributed by atoms with E-state index in [-0.39, 0.29) is 11.7 Å². The van der Waals surface area contributed by atoms with Crippen LogP contribution < -0.4 is 10.9 Å². The standard InChI is InChI=1S/C25H29N3O2S/c1-2-18-10-11-23-20(13-18)14-21(24(29)27-23)17-28(16-19-7-4-3-5-8-19)25(31)26-15-22-9-6-12-30-22/h3-5,7-8,10-11,13-14,22H,2,6,9,12,15-17H2,1H3,(H,26,31)(H,27,29)/t22-/m1/s1. The van der Waals surface area contributed by atoms with Gasteiger partial charge in [-0.3, -0.25) is 4.79 Å². The van der Waals surface area contributed by atoms with Gasteiger partial charge >= 0.3 is 0 Å². The summed E-state index contributed by atoms with van der Waals surface area (Å²) in [6.07, 6.45) is 3.31. The molecule has 0 spiro atoms. The van der Waals surface area contributed by atoms with Gasteiger partial charge in [0.2, 0.25) is 0 Å². The van der Waals surface area contributed by atoms with Crippen LogP contribution in [0.15, 0.2) is 59.4 Å². The lowest BCUT2D eigenvalue weighted by molar-refractivity contribution is 0.113. The normalized spacial score (nSPS) is 15.8. The highest BCUT2D eigenvalue weighted by Gasteiger charge is 2.18. The Balaban J connectivity index is 1.57. The lowest BCUT2D eigenvalue weighted by Gasteiger charge is -2.27. The van der Waals surface area contributed by atoms with Gasteiger partial charge in [0, 0.05) is 30.8 Å². The van der Waals surface area contributed by atoms with E-state index in [9.17, 15) is 4.79 Å². The first kappa shape index (κ1) is 21.5. The highest BCUT2D eigenvalue weighted by molar-refractivity contribution is 7.80. The maximum atomic E-state index is 12.8. The molecule has 0 bridgehead atoms. The van der Waals surface area contributed by atoms with Crippen molar-refractivity contribution in [2.24, 2.45) is 0 Å². The SMILES string of the molecule is CCc1ccc2[nH]c(=O)c(CN(Cc3ccccc3)C(=S)NC[C@H]3CCCO3)cc2c1. The van der Waals surface area contributed by atoms with Crippen LogP contribution in [0.1, 0.15) is 36.5 Å². The van der Waals surface area contributed by atoms with Crippen LogP contribution in [0.25, 0.3) is 10.9 Å². The van der Waals surface area contributed by atoms with Gasteiger partial charge < -0.3 is 19.9 Å². The Morgan fingerprint density at radius 3 is 2.74 bits per heavy atom. The number of H-pyrrole nitrogens is 1. The summed E-state index contributed by atoms with van der Waals surface area (Å²) >= 11 is 5.73. The first-order chi connectivity index (χ1) is 15.1. The molecule has 2 N–H and O–H groups in total. The molecule has 1 aliphatic rings. The minimum atomic E-state index is -0.0725. The van der Waals surface area contributed by atoms with E-state index in [2.05, 4.69) is 46.4 Å². The monoisotopic (exact) mass is 435 g/mol. The van der Waals surface area contributed by atoms with E-state index in [0.29, 0.717) is 30.3 Å². The first-order valence-electron chi connectivity index (χ1n) is 11.0. The Morgan fingerprint density at radius 2 is 2.00 bits per heavy atom. The summed E-state index contributed by atoms with van der Waals surface area (Å²) in [5.41, 5.74) is 3.89. The highest BCUT2D eigenvalue weighted by Crippen LogP contribution is 2.17. The van der Waals surface area contributed by atoms with Gasteiger partial charge in [-0.05, 0) is 66.2 Å². The fourth-order valence-electron chi connectivity index (χ4n) is 3.97. The summed E-state index contributed by atoms with van der Waals surface area (Å²) in [5.74, 6) is 0. The molecule has 1 aliphatic heterocycles. The summed E-state index contributed by atoms with van der Waals surface area (Å²) in [6, 6.07) is 18.4. The number of aromatic amines is 1. The van der Waals surface area contributed by atoms with Gasteiger partial charge in [-0.15, -0.1) is 0 Å². The number of rotatable bonds is 7. The van der Waals surface area contributed by atoms with Gasteiger partial charge in [0.25, 0.3) is 5.56 Å². The largest absolute Gasteiger partial charge is 0.376 e. The Hall–Kier alpha value is -2.70. The second kappa shape index (κ2) is 10.1. The van der Waals surface area contributed by atoms with Crippen LogP contribution >= 0.6 is 12.2 Å². The van der Waals surface area contributed by atoms with Crippen molar-refractivity contribution in [3.8, 4) is 0 Å². The van der Waals surface area contributed by atoms with E-state index in [4.69, 9.17) is 17.0 Å². The second-order valence-electron chi connectivity index (χ2n) is 8.06. The summed E-state index contributed by atoms with van der Waals surface area (Å²) < 4.78 is 5.71. The van der Waals surface area contributed by atoms with Crippen molar-refractivity contribution in [2.45, 2.75) is 45.4 Å². The van der Waals surface area contributed by atoms with Gasteiger partial charge in [0.15, 0.2) is 5.11 Å². The third kappa shape index (κ3) is 5.51. The van der Waals surface area contributed by atoms with E-state index in [1.807, 2.05) is 30.3 Å². The molecule has 0 unspecified atom stereocenters. The van der Waals surface area contributed by atoms with Crippen molar-refractivity contribution in [1.82, 2.24) is 15.2 Å². The van der Waals surface area contributed by atoms with E-state index >= 15 is 0 Å². The fourth-order valence-corrected chi connectivity index (χ4v) is 4.18. The molecule has 0 aliphatic carbocycles. The topological polar surface area (TPSA) is 57.4 Å². The Bertz CT molecular complexity index is 1090. The second-order valence-corrected chi connectivity index (χ2v) is 8.45. The van der Waals surface area contributed by atoms with Crippen molar-refractivity contribution in [3.05, 3.63) is 81.6 Å². The molecule has 4 rings (SSSR count). The molecular formula is C25H29N3O2S. The zero-order valence-electron chi connectivity index (χ0n) is 17.9. The lowest BCUT2D eigenvalue weighted by Crippen LogP contribution is -2.42. The van der Waals surface area contributed by atoms with Crippen LogP contribution in [0.5, 0.6) is 0 Å². The van der Waals surface area contributed by atoms with Gasteiger partial charge in [-0.25, -0.2) is 0 Å². The fraction of sp³-hybridized carbons (Fsp3) is 0.360. The zero-order chi connectivity index (χ0) is 21.6. The molecule has 0 saturated carbocycles. The van der Waals surface area contributed by atoms with E-state index in [0.717, 1.165) is 42.3 Å². The number of thiocarbonyl (C=S) groups is 1. The third-order valence-corrected chi connectivity index (χ3v) is 6.17. The number of hydrogen-bond donors (Lipinski definition) is 2. The molecular weight excluding hydrogens is 406 g/mol. The van der Waals surface area contributed by atoms with Crippen molar-refractivity contribution in [1.29, 1.82) is 0 Å². The quantitative estimate of drug-likeness (QED) is 0.546. The van der Waals surface area contributed by atoms with Crippen molar-refractivity contribution in [2.75, 3.05) is 13.2 Å². The van der Waals surface area contributed by atoms with Gasteiger partial charge in [-0.1, -0.05) is 43.3 Å². The third-order valence-electron chi connectivity index (χ3n) is 5.76. The molecule has 5 nitrogen and oxygen atoms in total. The summed E-state index contributed by atoms with van der Waals surface area (Å²) in [7, 11) is 0. The van der Waals surface area contributed by atoms with Crippen LogP contribution in [0.2, 0.25) is 0 Å². The molecule has 2 heterocycles. The maximum Gasteiger partial charge on any atom is 0.253 e. The zero-order valence-corrected chi connectivity index (χ0v) is 18.7. The van der Waals surface area contributed by atoms with Gasteiger partial charge in [0.05, 0.1) is 12.6 Å². The van der Waals surface area contributed by atoms with Crippen LogP contribution in [0.3, 0.4) is 0 Å². The molecule has 2 aromatic carbocycles. The number of ether oxygens (including phenoxy) is 1. The summed E-state index contributed by atoms with van der Waals surface area (Å²) in [4.78, 5) is 17.9. The number of pyridine rings is 1. The Labute approximate surface area is 188 Å². The maximum absolute atomic E-state index is 12.8. The minimum absolute atomic E-state index is 0.0725. The Morgan fingerprint density at radius 1 is 1.16 bits per heavy atom.